The van der Waals surface area contributed by atoms with Crippen LogP contribution in [0.15, 0.2) is 83.5 Å². The van der Waals surface area contributed by atoms with Crippen molar-refractivity contribution in [3.8, 4) is 5.69 Å². The quantitative estimate of drug-likeness (QED) is 0.277. The summed E-state index contributed by atoms with van der Waals surface area (Å²) in [6, 6.07) is 23.9. The maximum absolute atomic E-state index is 11.5. The van der Waals surface area contributed by atoms with Crippen molar-refractivity contribution in [2.24, 2.45) is 0 Å². The summed E-state index contributed by atoms with van der Waals surface area (Å²) >= 11 is 9.60. The number of nitrogens with one attached hydrogen (secondary N) is 2. The molecule has 0 spiro atoms. The van der Waals surface area contributed by atoms with Crippen LogP contribution in [-0.4, -0.2) is 20.6 Å². The van der Waals surface area contributed by atoms with Gasteiger partial charge in [0.1, 0.15) is 0 Å². The molecule has 1 amide bonds. The molecule has 4 aromatic rings. The van der Waals surface area contributed by atoms with Crippen molar-refractivity contribution in [1.82, 2.24) is 14.9 Å². The molecule has 1 aliphatic heterocycles. The number of para-hydroxylation sites is 1. The number of pyridine rings is 1. The second kappa shape index (κ2) is 9.87. The number of carbonyl (C=O) groups excluding carboxylic acids is 1. The van der Waals surface area contributed by atoms with Crippen LogP contribution in [0.3, 0.4) is 0 Å². The van der Waals surface area contributed by atoms with E-state index in [2.05, 4.69) is 73.1 Å². The number of carbonyl (C=O) groups is 1. The second-order valence-electron chi connectivity index (χ2n) is 8.84. The van der Waals surface area contributed by atoms with Gasteiger partial charge >= 0.3 is 0 Å². The van der Waals surface area contributed by atoms with E-state index in [-0.39, 0.29) is 18.0 Å². The van der Waals surface area contributed by atoms with Gasteiger partial charge in [-0.05, 0) is 102 Å². The summed E-state index contributed by atoms with van der Waals surface area (Å²) in [6.45, 7) is 5.78. The van der Waals surface area contributed by atoms with Crippen molar-refractivity contribution in [3.05, 3.63) is 106 Å². The molecule has 2 atom stereocenters. The summed E-state index contributed by atoms with van der Waals surface area (Å²) < 4.78 is 3.30. The van der Waals surface area contributed by atoms with Crippen molar-refractivity contribution in [2.45, 2.75) is 32.9 Å². The van der Waals surface area contributed by atoms with Crippen LogP contribution in [-0.2, 0) is 4.79 Å². The Labute approximate surface area is 224 Å². The molecule has 2 N–H and O–H groups in total. The smallest absolute Gasteiger partial charge is 0.221 e. The minimum absolute atomic E-state index is 0.103. The van der Waals surface area contributed by atoms with E-state index in [0.717, 1.165) is 44.2 Å². The Kier molecular flexibility index (Phi) is 6.64. The van der Waals surface area contributed by atoms with Gasteiger partial charge in [0.15, 0.2) is 5.11 Å². The van der Waals surface area contributed by atoms with Gasteiger partial charge in [0.2, 0.25) is 5.91 Å². The topological polar surface area (TPSA) is 62.2 Å². The Morgan fingerprint density at radius 1 is 1.06 bits per heavy atom. The minimum Gasteiger partial charge on any atom is -0.351 e. The highest BCUT2D eigenvalue weighted by Crippen LogP contribution is 2.44. The summed E-state index contributed by atoms with van der Waals surface area (Å²) in [6.07, 6.45) is 1.81. The lowest BCUT2D eigenvalue weighted by Crippen LogP contribution is -2.29. The highest BCUT2D eigenvalue weighted by Gasteiger charge is 2.42. The van der Waals surface area contributed by atoms with Crippen LogP contribution in [0.25, 0.3) is 5.69 Å². The summed E-state index contributed by atoms with van der Waals surface area (Å²) in [5, 5.41) is 6.99. The van der Waals surface area contributed by atoms with Gasteiger partial charge in [0.05, 0.1) is 23.5 Å². The van der Waals surface area contributed by atoms with Crippen molar-refractivity contribution in [2.75, 3.05) is 10.2 Å². The SMILES string of the molecule is CC(=O)Nc1ccc(N2C(=S)N[C@H](c3ccccn3)[C@@H]2c2cc(C)n(-c3ccccc3Br)c2C)cc1. The van der Waals surface area contributed by atoms with E-state index in [9.17, 15) is 4.79 Å². The Morgan fingerprint density at radius 2 is 1.78 bits per heavy atom. The molecule has 0 aliphatic carbocycles. The number of thiocarbonyl (C=S) groups is 1. The van der Waals surface area contributed by atoms with Crippen LogP contribution >= 0.6 is 28.1 Å². The third kappa shape index (κ3) is 4.42. The Bertz CT molecular complexity index is 1430. The molecule has 2 aromatic heterocycles. The van der Waals surface area contributed by atoms with Gasteiger partial charge in [-0.2, -0.15) is 0 Å². The van der Waals surface area contributed by atoms with Gasteiger partial charge in [0, 0.05) is 40.4 Å². The lowest BCUT2D eigenvalue weighted by Gasteiger charge is -2.28. The predicted octanol–water partition coefficient (Wildman–Crippen LogP) is 6.39. The molecule has 3 heterocycles. The van der Waals surface area contributed by atoms with Crippen LogP contribution in [0.5, 0.6) is 0 Å². The van der Waals surface area contributed by atoms with E-state index in [4.69, 9.17) is 12.2 Å². The van der Waals surface area contributed by atoms with E-state index in [1.54, 1.807) is 0 Å². The molecular weight excluding hydrogens is 534 g/mol. The maximum atomic E-state index is 11.5. The number of nitrogens with zero attached hydrogens (tertiary/aromatic N) is 3. The minimum atomic E-state index is -0.137. The zero-order chi connectivity index (χ0) is 25.4. The first-order valence-corrected chi connectivity index (χ1v) is 12.9. The van der Waals surface area contributed by atoms with Crippen LogP contribution in [0, 0.1) is 13.8 Å². The van der Waals surface area contributed by atoms with E-state index in [0.29, 0.717) is 5.11 Å². The Balaban J connectivity index is 1.64. The number of hydrogen-bond acceptors (Lipinski definition) is 3. The number of anilines is 2. The van der Waals surface area contributed by atoms with Crippen molar-refractivity contribution in [3.63, 3.8) is 0 Å². The largest absolute Gasteiger partial charge is 0.351 e. The summed E-state index contributed by atoms with van der Waals surface area (Å²) in [4.78, 5) is 18.3. The van der Waals surface area contributed by atoms with E-state index in [1.807, 2.05) is 60.8 Å². The van der Waals surface area contributed by atoms with Gasteiger partial charge in [-0.15, -0.1) is 0 Å². The normalized spacial score (nSPS) is 17.2. The molecule has 1 aliphatic rings. The highest BCUT2D eigenvalue weighted by atomic mass is 79.9. The molecule has 5 rings (SSSR count). The number of halogens is 1. The molecule has 0 unspecified atom stereocenters. The molecular formula is C28H26BrN5OS. The standard InChI is InChI=1S/C28H26BrN5OS/c1-17-16-22(18(2)33(17)25-10-5-4-8-23(25)29)27-26(24-9-6-7-15-30-24)32-28(36)34(27)21-13-11-20(12-14-21)31-19(3)35/h4-16,26-27H,1-3H3,(H,31,35)(H,32,36)/t26-,27+/m1/s1. The molecule has 0 bridgehead atoms. The maximum Gasteiger partial charge on any atom is 0.221 e. The lowest BCUT2D eigenvalue weighted by molar-refractivity contribution is -0.114. The Hall–Kier alpha value is -3.49. The Morgan fingerprint density at radius 3 is 2.44 bits per heavy atom. The average Bonchev–Trinajstić information content (AvgIpc) is 3.35. The zero-order valence-electron chi connectivity index (χ0n) is 20.2. The first-order valence-electron chi connectivity index (χ1n) is 11.7. The number of rotatable bonds is 5. The van der Waals surface area contributed by atoms with Crippen LogP contribution in [0.2, 0.25) is 0 Å². The van der Waals surface area contributed by atoms with Gasteiger partial charge in [-0.1, -0.05) is 18.2 Å². The number of aryl methyl sites for hydroxylation is 1. The van der Waals surface area contributed by atoms with Crippen molar-refractivity contribution in [1.29, 1.82) is 0 Å². The number of amides is 1. The van der Waals surface area contributed by atoms with Crippen LogP contribution in [0.1, 0.15) is 41.7 Å². The van der Waals surface area contributed by atoms with E-state index >= 15 is 0 Å². The molecule has 2 aromatic carbocycles. The molecule has 182 valence electrons. The van der Waals surface area contributed by atoms with Gasteiger partial charge in [-0.25, -0.2) is 0 Å². The number of benzene rings is 2. The molecule has 36 heavy (non-hydrogen) atoms. The first-order chi connectivity index (χ1) is 17.3. The number of aromatic nitrogens is 2. The summed E-state index contributed by atoms with van der Waals surface area (Å²) in [7, 11) is 0. The molecule has 1 fully saturated rings. The molecule has 8 heteroatoms. The molecule has 0 radical (unpaired) electrons. The highest BCUT2D eigenvalue weighted by molar-refractivity contribution is 9.10. The summed E-state index contributed by atoms with van der Waals surface area (Å²) in [5.74, 6) is -0.103. The van der Waals surface area contributed by atoms with Gasteiger partial charge in [-0.3, -0.25) is 9.78 Å². The average molecular weight is 561 g/mol. The molecule has 1 saturated heterocycles. The third-order valence-electron chi connectivity index (χ3n) is 6.45. The monoisotopic (exact) mass is 559 g/mol. The van der Waals surface area contributed by atoms with Crippen molar-refractivity contribution < 1.29 is 4.79 Å². The fourth-order valence-electron chi connectivity index (χ4n) is 4.95. The van der Waals surface area contributed by atoms with Crippen LogP contribution in [0.4, 0.5) is 11.4 Å². The lowest BCUT2D eigenvalue weighted by atomic mass is 9.96. The first kappa shape index (κ1) is 24.2. The van der Waals surface area contributed by atoms with Gasteiger partial charge < -0.3 is 20.1 Å². The van der Waals surface area contributed by atoms with Crippen molar-refractivity contribution >= 4 is 50.5 Å². The zero-order valence-corrected chi connectivity index (χ0v) is 22.6. The molecule has 6 nitrogen and oxygen atoms in total. The molecule has 0 saturated carbocycles. The third-order valence-corrected chi connectivity index (χ3v) is 7.43. The van der Waals surface area contributed by atoms with E-state index in [1.165, 1.54) is 6.92 Å². The second-order valence-corrected chi connectivity index (χ2v) is 10.1. The van der Waals surface area contributed by atoms with Gasteiger partial charge in [0.25, 0.3) is 0 Å². The fourth-order valence-corrected chi connectivity index (χ4v) is 5.76. The number of hydrogen-bond donors (Lipinski definition) is 2. The summed E-state index contributed by atoms with van der Waals surface area (Å²) in [5.41, 5.74) is 7.13. The van der Waals surface area contributed by atoms with E-state index < -0.39 is 0 Å². The van der Waals surface area contributed by atoms with Crippen LogP contribution < -0.4 is 15.5 Å². The fraction of sp³-hybridized carbons (Fsp3) is 0.179. The predicted molar refractivity (Wildman–Crippen MR) is 152 cm³/mol.